The predicted octanol–water partition coefficient (Wildman–Crippen LogP) is 2.66. The van der Waals surface area contributed by atoms with E-state index in [4.69, 9.17) is 5.73 Å². The van der Waals surface area contributed by atoms with Gasteiger partial charge in [-0.1, -0.05) is 18.2 Å². The second-order valence-corrected chi connectivity index (χ2v) is 3.97. The van der Waals surface area contributed by atoms with Crippen molar-refractivity contribution >= 4 is 0 Å². The average molecular weight is 267 g/mol. The third-order valence-corrected chi connectivity index (χ3v) is 2.62. The second kappa shape index (κ2) is 5.36. The van der Waals surface area contributed by atoms with Gasteiger partial charge in [-0.25, -0.2) is 9.97 Å². The number of hydrogen-bond donors (Lipinski definition) is 1. The zero-order valence-electron chi connectivity index (χ0n) is 9.98. The Kier molecular flexibility index (Phi) is 3.80. The van der Waals surface area contributed by atoms with Gasteiger partial charge in [0.15, 0.2) is 0 Å². The highest BCUT2D eigenvalue weighted by Gasteiger charge is 2.33. The van der Waals surface area contributed by atoms with Gasteiger partial charge in [-0.3, -0.25) is 0 Å². The summed E-state index contributed by atoms with van der Waals surface area (Å²) in [6.45, 7) is 0.401. The highest BCUT2D eigenvalue weighted by Crippen LogP contribution is 2.36. The van der Waals surface area contributed by atoms with Crippen LogP contribution in [0, 0.1) is 0 Å². The van der Waals surface area contributed by atoms with E-state index in [1.54, 1.807) is 6.07 Å². The Morgan fingerprint density at radius 1 is 1.05 bits per heavy atom. The lowest BCUT2D eigenvalue weighted by atomic mass is 10.0. The smallest absolute Gasteiger partial charge is 0.330 e. The molecule has 2 rings (SSSR count). The maximum atomic E-state index is 12.9. The SMILES string of the molecule is NCCc1ncc(-c2ccccc2C(F)(F)F)cn1. The quantitative estimate of drug-likeness (QED) is 0.930. The minimum absolute atomic E-state index is 0.0781. The van der Waals surface area contributed by atoms with E-state index in [1.807, 2.05) is 0 Å². The van der Waals surface area contributed by atoms with Crippen molar-refractivity contribution in [3.63, 3.8) is 0 Å². The first-order valence-corrected chi connectivity index (χ1v) is 5.70. The Bertz CT molecular complexity index is 550. The van der Waals surface area contributed by atoms with Crippen molar-refractivity contribution in [2.24, 2.45) is 5.73 Å². The fraction of sp³-hybridized carbons (Fsp3) is 0.231. The van der Waals surface area contributed by atoms with E-state index < -0.39 is 11.7 Å². The van der Waals surface area contributed by atoms with Crippen LogP contribution in [0.5, 0.6) is 0 Å². The van der Waals surface area contributed by atoms with E-state index in [9.17, 15) is 13.2 Å². The molecule has 0 aliphatic heterocycles. The molecule has 0 bridgehead atoms. The van der Waals surface area contributed by atoms with Crippen molar-refractivity contribution in [2.75, 3.05) is 6.54 Å². The second-order valence-electron chi connectivity index (χ2n) is 3.97. The standard InChI is InChI=1S/C13H12F3N3/c14-13(15,16)11-4-2-1-3-10(11)9-7-18-12(5-6-17)19-8-9/h1-4,7-8H,5-6,17H2. The molecule has 0 aliphatic carbocycles. The lowest BCUT2D eigenvalue weighted by Crippen LogP contribution is -2.08. The largest absolute Gasteiger partial charge is 0.417 e. The van der Waals surface area contributed by atoms with E-state index in [0.717, 1.165) is 6.07 Å². The molecule has 0 amide bonds. The summed E-state index contributed by atoms with van der Waals surface area (Å²) in [7, 11) is 0. The Hall–Kier alpha value is -1.95. The minimum atomic E-state index is -4.40. The molecule has 6 heteroatoms. The van der Waals surface area contributed by atoms with E-state index in [0.29, 0.717) is 24.4 Å². The summed E-state index contributed by atoms with van der Waals surface area (Å²) in [6, 6.07) is 5.36. The number of nitrogens with zero attached hydrogens (tertiary/aromatic N) is 2. The van der Waals surface area contributed by atoms with E-state index in [2.05, 4.69) is 9.97 Å². The van der Waals surface area contributed by atoms with Gasteiger partial charge in [0.1, 0.15) is 5.82 Å². The van der Waals surface area contributed by atoms with Crippen LogP contribution in [0.1, 0.15) is 11.4 Å². The molecule has 0 saturated heterocycles. The van der Waals surface area contributed by atoms with E-state index in [1.165, 1.54) is 24.5 Å². The minimum Gasteiger partial charge on any atom is -0.330 e. The van der Waals surface area contributed by atoms with Crippen LogP contribution in [0.4, 0.5) is 13.2 Å². The van der Waals surface area contributed by atoms with Crippen LogP contribution in [0.15, 0.2) is 36.7 Å². The Balaban J connectivity index is 2.42. The van der Waals surface area contributed by atoms with Gasteiger partial charge in [-0.2, -0.15) is 13.2 Å². The Morgan fingerprint density at radius 2 is 1.68 bits per heavy atom. The van der Waals surface area contributed by atoms with Gasteiger partial charge in [0.25, 0.3) is 0 Å². The highest BCUT2D eigenvalue weighted by molar-refractivity contribution is 5.66. The molecule has 1 aromatic carbocycles. The Morgan fingerprint density at radius 3 is 2.26 bits per heavy atom. The monoisotopic (exact) mass is 267 g/mol. The third kappa shape index (κ3) is 3.08. The van der Waals surface area contributed by atoms with Crippen LogP contribution < -0.4 is 5.73 Å². The first-order valence-electron chi connectivity index (χ1n) is 5.70. The lowest BCUT2D eigenvalue weighted by molar-refractivity contribution is -0.137. The summed E-state index contributed by atoms with van der Waals surface area (Å²) in [5.74, 6) is 0.524. The predicted molar refractivity (Wildman–Crippen MR) is 65.2 cm³/mol. The molecule has 100 valence electrons. The van der Waals surface area contributed by atoms with Gasteiger partial charge in [0.05, 0.1) is 5.56 Å². The average Bonchev–Trinajstić information content (AvgIpc) is 2.39. The zero-order valence-corrected chi connectivity index (χ0v) is 9.98. The molecule has 3 nitrogen and oxygen atoms in total. The number of benzene rings is 1. The van der Waals surface area contributed by atoms with Gasteiger partial charge >= 0.3 is 6.18 Å². The molecule has 0 radical (unpaired) electrons. The summed E-state index contributed by atoms with van der Waals surface area (Å²) >= 11 is 0. The first-order chi connectivity index (χ1) is 9.02. The number of hydrogen-bond acceptors (Lipinski definition) is 3. The molecule has 2 aromatic rings. The van der Waals surface area contributed by atoms with Crippen LogP contribution >= 0.6 is 0 Å². The van der Waals surface area contributed by atoms with Crippen molar-refractivity contribution < 1.29 is 13.2 Å². The maximum absolute atomic E-state index is 12.9. The van der Waals surface area contributed by atoms with Crippen LogP contribution in [0.3, 0.4) is 0 Å². The molecular formula is C13H12F3N3. The molecule has 0 atom stereocenters. The van der Waals surface area contributed by atoms with Crippen LogP contribution in [0.25, 0.3) is 11.1 Å². The lowest BCUT2D eigenvalue weighted by Gasteiger charge is -2.12. The molecule has 19 heavy (non-hydrogen) atoms. The summed E-state index contributed by atoms with van der Waals surface area (Å²) in [6.07, 6.45) is -1.11. The first kappa shape index (κ1) is 13.5. The fourth-order valence-corrected chi connectivity index (χ4v) is 1.73. The summed E-state index contributed by atoms with van der Waals surface area (Å²) < 4.78 is 38.6. The van der Waals surface area contributed by atoms with Gasteiger partial charge in [-0.15, -0.1) is 0 Å². The Labute approximate surface area is 108 Å². The molecule has 0 saturated carbocycles. The van der Waals surface area contributed by atoms with Crippen molar-refractivity contribution in [3.8, 4) is 11.1 Å². The van der Waals surface area contributed by atoms with Crippen LogP contribution in [-0.2, 0) is 12.6 Å². The van der Waals surface area contributed by atoms with Gasteiger partial charge in [-0.05, 0) is 18.2 Å². The van der Waals surface area contributed by atoms with Gasteiger partial charge in [0, 0.05) is 24.4 Å². The third-order valence-electron chi connectivity index (χ3n) is 2.62. The number of nitrogens with two attached hydrogens (primary N) is 1. The molecule has 0 unspecified atom stereocenters. The number of halogens is 3. The van der Waals surface area contributed by atoms with E-state index in [-0.39, 0.29) is 5.56 Å². The number of alkyl halides is 3. The molecule has 1 aromatic heterocycles. The summed E-state index contributed by atoms with van der Waals surface area (Å²) in [4.78, 5) is 8.02. The van der Waals surface area contributed by atoms with Crippen LogP contribution in [-0.4, -0.2) is 16.5 Å². The van der Waals surface area contributed by atoms with Crippen molar-refractivity contribution in [1.82, 2.24) is 9.97 Å². The zero-order chi connectivity index (χ0) is 13.9. The number of rotatable bonds is 3. The fourth-order valence-electron chi connectivity index (χ4n) is 1.73. The molecule has 0 spiro atoms. The van der Waals surface area contributed by atoms with Gasteiger partial charge < -0.3 is 5.73 Å². The highest BCUT2D eigenvalue weighted by atomic mass is 19.4. The van der Waals surface area contributed by atoms with Crippen molar-refractivity contribution in [1.29, 1.82) is 0 Å². The summed E-state index contributed by atoms with van der Waals surface area (Å²) in [5, 5.41) is 0. The topological polar surface area (TPSA) is 51.8 Å². The van der Waals surface area contributed by atoms with Crippen LogP contribution in [0.2, 0.25) is 0 Å². The molecular weight excluding hydrogens is 255 g/mol. The van der Waals surface area contributed by atoms with Crippen molar-refractivity contribution in [2.45, 2.75) is 12.6 Å². The van der Waals surface area contributed by atoms with Gasteiger partial charge in [0.2, 0.25) is 0 Å². The molecule has 0 aliphatic rings. The van der Waals surface area contributed by atoms with Crippen molar-refractivity contribution in [3.05, 3.63) is 48.0 Å². The normalized spacial score (nSPS) is 11.6. The number of aromatic nitrogens is 2. The molecule has 0 fully saturated rings. The maximum Gasteiger partial charge on any atom is 0.417 e. The van der Waals surface area contributed by atoms with E-state index >= 15 is 0 Å². The molecule has 2 N–H and O–H groups in total. The summed E-state index contributed by atoms with van der Waals surface area (Å²) in [5.41, 5.74) is 5.09. The molecule has 1 heterocycles.